The number of unbranched alkanes of at least 4 members (excludes halogenated alkanes) is 3. The molecule has 0 aromatic heterocycles. The van der Waals surface area contributed by atoms with E-state index in [0.29, 0.717) is 4.99 Å². The molecule has 1 aromatic carbocycles. The van der Waals surface area contributed by atoms with E-state index in [4.69, 9.17) is 12.2 Å². The van der Waals surface area contributed by atoms with Gasteiger partial charge in [-0.2, -0.15) is 0 Å². The number of nitrogens with one attached hydrogen (secondary N) is 1. The molecule has 1 aromatic rings. The Morgan fingerprint density at radius 3 is 2.55 bits per heavy atom. The molecule has 0 radical (unpaired) electrons. The summed E-state index contributed by atoms with van der Waals surface area (Å²) in [6.07, 6.45) is 8.26. The van der Waals surface area contributed by atoms with Gasteiger partial charge in [0.15, 0.2) is 0 Å². The van der Waals surface area contributed by atoms with Crippen LogP contribution in [0.4, 0.5) is 4.79 Å². The summed E-state index contributed by atoms with van der Waals surface area (Å²) in [5.74, 6) is 0. The molecule has 0 bridgehead atoms. The Kier molecular flexibility index (Phi) is 5.80. The van der Waals surface area contributed by atoms with Gasteiger partial charge in [-0.3, -0.25) is 4.79 Å². The number of hydrogen-bond donors (Lipinski definition) is 1. The van der Waals surface area contributed by atoms with Gasteiger partial charge in [-0.25, -0.2) is 0 Å². The number of thiocarbonyl (C=S) groups is 1. The quantitative estimate of drug-likeness (QED) is 0.459. The van der Waals surface area contributed by atoms with E-state index in [9.17, 15) is 4.79 Å². The van der Waals surface area contributed by atoms with Crippen LogP contribution in [-0.4, -0.2) is 10.2 Å². The Morgan fingerprint density at radius 2 is 1.95 bits per heavy atom. The molecule has 0 saturated carbocycles. The number of rotatable bonds is 6. The predicted molar refractivity (Wildman–Crippen MR) is 91.0 cm³/mol. The van der Waals surface area contributed by atoms with Crippen LogP contribution in [0.3, 0.4) is 0 Å². The van der Waals surface area contributed by atoms with E-state index in [0.717, 1.165) is 28.7 Å². The number of amides is 1. The van der Waals surface area contributed by atoms with Gasteiger partial charge in [0.2, 0.25) is 0 Å². The maximum Gasteiger partial charge on any atom is 0.289 e. The number of thioether (sulfide) groups is 1. The average molecular weight is 305 g/mol. The molecule has 0 unspecified atom stereocenters. The molecule has 1 amide bonds. The van der Waals surface area contributed by atoms with Crippen LogP contribution in [0.2, 0.25) is 0 Å². The smallest absolute Gasteiger partial charge is 0.289 e. The second-order valence-electron chi connectivity index (χ2n) is 4.90. The van der Waals surface area contributed by atoms with E-state index in [-0.39, 0.29) is 5.24 Å². The SMILES string of the molecule is CCCCCCc1ccc(/C=C2\SC(=O)NC2=S)cc1. The number of carbonyl (C=O) groups is 1. The summed E-state index contributed by atoms with van der Waals surface area (Å²) in [4.78, 5) is 12.6. The van der Waals surface area contributed by atoms with E-state index in [1.165, 1.54) is 31.2 Å². The Balaban J connectivity index is 1.93. The second-order valence-corrected chi connectivity index (χ2v) is 6.33. The van der Waals surface area contributed by atoms with Crippen molar-refractivity contribution in [2.75, 3.05) is 0 Å². The van der Waals surface area contributed by atoms with Gasteiger partial charge in [-0.15, -0.1) is 0 Å². The highest BCUT2D eigenvalue weighted by molar-refractivity contribution is 8.19. The fourth-order valence-corrected chi connectivity index (χ4v) is 3.14. The molecule has 2 rings (SSSR count). The van der Waals surface area contributed by atoms with E-state index in [2.05, 4.69) is 36.5 Å². The number of carbonyl (C=O) groups excluding carboxylic acids is 1. The predicted octanol–water partition coefficient (Wildman–Crippen LogP) is 4.93. The normalized spacial score (nSPS) is 16.8. The van der Waals surface area contributed by atoms with Crippen molar-refractivity contribution in [3.05, 3.63) is 40.3 Å². The highest BCUT2D eigenvalue weighted by atomic mass is 32.2. The van der Waals surface area contributed by atoms with E-state index < -0.39 is 0 Å². The summed E-state index contributed by atoms with van der Waals surface area (Å²) in [6, 6.07) is 8.51. The first-order chi connectivity index (χ1) is 9.69. The monoisotopic (exact) mass is 305 g/mol. The Morgan fingerprint density at radius 1 is 1.20 bits per heavy atom. The minimum absolute atomic E-state index is 0.0891. The van der Waals surface area contributed by atoms with Crippen LogP contribution in [0, 0.1) is 0 Å². The molecular weight excluding hydrogens is 286 g/mol. The molecule has 20 heavy (non-hydrogen) atoms. The largest absolute Gasteiger partial charge is 0.307 e. The Labute approximate surface area is 130 Å². The van der Waals surface area contributed by atoms with Crippen molar-refractivity contribution in [2.45, 2.75) is 39.0 Å². The highest BCUT2D eigenvalue weighted by Gasteiger charge is 2.21. The number of benzene rings is 1. The van der Waals surface area contributed by atoms with E-state index in [1.54, 1.807) is 0 Å². The van der Waals surface area contributed by atoms with Crippen LogP contribution in [0.15, 0.2) is 29.2 Å². The Hall–Kier alpha value is -1.13. The molecule has 106 valence electrons. The lowest BCUT2D eigenvalue weighted by molar-refractivity contribution is 0.265. The zero-order valence-electron chi connectivity index (χ0n) is 11.6. The van der Waals surface area contributed by atoms with Crippen molar-refractivity contribution >= 4 is 40.3 Å². The summed E-state index contributed by atoms with van der Waals surface area (Å²) in [6.45, 7) is 2.23. The molecule has 1 N–H and O–H groups in total. The van der Waals surface area contributed by atoms with Crippen molar-refractivity contribution in [1.29, 1.82) is 0 Å². The van der Waals surface area contributed by atoms with Crippen LogP contribution in [0.1, 0.15) is 43.7 Å². The highest BCUT2D eigenvalue weighted by Crippen LogP contribution is 2.26. The molecule has 1 heterocycles. The van der Waals surface area contributed by atoms with E-state index in [1.807, 2.05) is 6.08 Å². The van der Waals surface area contributed by atoms with Gasteiger partial charge < -0.3 is 5.32 Å². The van der Waals surface area contributed by atoms with Gasteiger partial charge in [0.25, 0.3) is 5.24 Å². The minimum atomic E-state index is -0.0891. The van der Waals surface area contributed by atoms with Crippen LogP contribution < -0.4 is 5.32 Å². The van der Waals surface area contributed by atoms with Gasteiger partial charge in [0, 0.05) is 0 Å². The summed E-state index contributed by atoms with van der Waals surface area (Å²) in [7, 11) is 0. The van der Waals surface area contributed by atoms with Crippen LogP contribution >= 0.6 is 24.0 Å². The van der Waals surface area contributed by atoms with Gasteiger partial charge in [-0.05, 0) is 41.8 Å². The molecular formula is C16H19NOS2. The third-order valence-electron chi connectivity index (χ3n) is 3.24. The van der Waals surface area contributed by atoms with Crippen molar-refractivity contribution < 1.29 is 4.79 Å². The van der Waals surface area contributed by atoms with Gasteiger partial charge in [0.05, 0.1) is 4.91 Å². The zero-order chi connectivity index (χ0) is 14.4. The Bertz CT molecular complexity index is 520. The van der Waals surface area contributed by atoms with Crippen LogP contribution in [-0.2, 0) is 6.42 Å². The fraction of sp³-hybridized carbons (Fsp3) is 0.375. The molecule has 1 aliphatic heterocycles. The van der Waals surface area contributed by atoms with Crippen LogP contribution in [0.25, 0.3) is 6.08 Å². The topological polar surface area (TPSA) is 29.1 Å². The van der Waals surface area contributed by atoms with Crippen molar-refractivity contribution in [3.63, 3.8) is 0 Å². The summed E-state index contributed by atoms with van der Waals surface area (Å²) in [5.41, 5.74) is 2.46. The lowest BCUT2D eigenvalue weighted by Crippen LogP contribution is -2.15. The standard InChI is InChI=1S/C16H19NOS2/c1-2-3-4-5-6-12-7-9-13(10-8-12)11-14-15(19)17-16(18)20-14/h7-11H,2-6H2,1H3,(H,17,18,19)/b14-11-. The first-order valence-corrected chi connectivity index (χ1v) is 8.25. The first kappa shape index (κ1) is 15.3. The lowest BCUT2D eigenvalue weighted by Gasteiger charge is -2.02. The summed E-state index contributed by atoms with van der Waals surface area (Å²) >= 11 is 6.27. The number of aryl methyl sites for hydroxylation is 1. The number of hydrogen-bond acceptors (Lipinski definition) is 3. The summed E-state index contributed by atoms with van der Waals surface area (Å²) in [5, 5.41) is 2.54. The van der Waals surface area contributed by atoms with Gasteiger partial charge >= 0.3 is 0 Å². The fourth-order valence-electron chi connectivity index (χ4n) is 2.11. The molecule has 0 atom stereocenters. The summed E-state index contributed by atoms with van der Waals surface area (Å²) < 4.78 is 0. The van der Waals surface area contributed by atoms with Crippen molar-refractivity contribution in [1.82, 2.24) is 5.32 Å². The lowest BCUT2D eigenvalue weighted by atomic mass is 10.0. The van der Waals surface area contributed by atoms with Crippen LogP contribution in [0.5, 0.6) is 0 Å². The maximum absolute atomic E-state index is 11.2. The average Bonchev–Trinajstić information content (AvgIpc) is 2.75. The van der Waals surface area contributed by atoms with Gasteiger partial charge in [-0.1, -0.05) is 62.7 Å². The van der Waals surface area contributed by atoms with Crippen molar-refractivity contribution in [3.8, 4) is 0 Å². The molecule has 2 nitrogen and oxygen atoms in total. The molecule has 1 aliphatic rings. The molecule has 0 spiro atoms. The van der Waals surface area contributed by atoms with Crippen molar-refractivity contribution in [2.24, 2.45) is 0 Å². The third kappa shape index (κ3) is 4.46. The molecule has 4 heteroatoms. The maximum atomic E-state index is 11.2. The molecule has 0 aliphatic carbocycles. The zero-order valence-corrected chi connectivity index (χ0v) is 13.3. The third-order valence-corrected chi connectivity index (χ3v) is 4.52. The van der Waals surface area contributed by atoms with E-state index >= 15 is 0 Å². The second kappa shape index (κ2) is 7.60. The first-order valence-electron chi connectivity index (χ1n) is 7.03. The molecule has 1 fully saturated rings. The minimum Gasteiger partial charge on any atom is -0.307 e. The molecule has 1 saturated heterocycles. The van der Waals surface area contributed by atoms with Gasteiger partial charge in [0.1, 0.15) is 4.99 Å².